The molecule has 1 aliphatic rings. The van der Waals surface area contributed by atoms with Crippen LogP contribution in [-0.4, -0.2) is 45.8 Å². The lowest BCUT2D eigenvalue weighted by Crippen LogP contribution is -2.45. The lowest BCUT2D eigenvalue weighted by atomic mass is 10.2. The minimum atomic E-state index is -0.200. The van der Waals surface area contributed by atoms with E-state index in [1.165, 1.54) is 11.6 Å². The number of aromatic nitrogens is 3. The summed E-state index contributed by atoms with van der Waals surface area (Å²) in [5.74, 6) is -0.200. The summed E-state index contributed by atoms with van der Waals surface area (Å²) in [6.07, 6.45) is 3.99. The molecule has 1 fully saturated rings. The number of nitrogens with zero attached hydrogens (tertiary/aromatic N) is 5. The molecule has 0 N–H and O–H groups in total. The van der Waals surface area contributed by atoms with Gasteiger partial charge in [-0.3, -0.25) is 9.58 Å². The summed E-state index contributed by atoms with van der Waals surface area (Å²) >= 11 is 1.57. The van der Waals surface area contributed by atoms with Crippen molar-refractivity contribution in [2.24, 2.45) is 7.05 Å². The number of hydrogen-bond donors (Lipinski definition) is 0. The molecule has 23 heavy (non-hydrogen) atoms. The molecular weight excluding hydrogens is 313 g/mol. The highest BCUT2D eigenvalue weighted by atomic mass is 32.1. The van der Waals surface area contributed by atoms with Crippen molar-refractivity contribution >= 4 is 26.7 Å². The Morgan fingerprint density at radius 1 is 1.22 bits per heavy atom. The van der Waals surface area contributed by atoms with Crippen LogP contribution in [0.1, 0.15) is 5.56 Å². The zero-order chi connectivity index (χ0) is 15.8. The molecule has 3 aromatic rings. The van der Waals surface area contributed by atoms with Gasteiger partial charge in [0.25, 0.3) is 0 Å². The molecule has 2 aromatic heterocycles. The molecule has 5 nitrogen and oxygen atoms in total. The van der Waals surface area contributed by atoms with Crippen molar-refractivity contribution in [2.75, 3.05) is 31.1 Å². The van der Waals surface area contributed by atoms with Crippen LogP contribution in [-0.2, 0) is 13.6 Å². The number of thiazole rings is 1. The standard InChI is InChI=1S/C16H18FN5S/c1-20-10-12(9-18-20)11-21-4-6-22(7-5-21)16-19-14-3-2-13(17)8-15(14)23-16/h2-3,8-10H,4-7,11H2,1H3. The number of benzene rings is 1. The molecule has 1 aromatic carbocycles. The van der Waals surface area contributed by atoms with Gasteiger partial charge in [-0.2, -0.15) is 5.10 Å². The molecule has 3 heterocycles. The van der Waals surface area contributed by atoms with E-state index in [4.69, 9.17) is 0 Å². The fourth-order valence-corrected chi connectivity index (χ4v) is 3.97. The number of anilines is 1. The highest BCUT2D eigenvalue weighted by Crippen LogP contribution is 2.29. The van der Waals surface area contributed by atoms with Crippen LogP contribution in [0.2, 0.25) is 0 Å². The van der Waals surface area contributed by atoms with Crippen LogP contribution in [0.3, 0.4) is 0 Å². The lowest BCUT2D eigenvalue weighted by Gasteiger charge is -2.34. The lowest BCUT2D eigenvalue weighted by molar-refractivity contribution is 0.250. The van der Waals surface area contributed by atoms with Gasteiger partial charge in [0.2, 0.25) is 0 Å². The number of aryl methyl sites for hydroxylation is 1. The van der Waals surface area contributed by atoms with Gasteiger partial charge in [0.15, 0.2) is 5.13 Å². The second kappa shape index (κ2) is 5.90. The molecule has 120 valence electrons. The van der Waals surface area contributed by atoms with E-state index in [-0.39, 0.29) is 5.82 Å². The molecule has 0 saturated carbocycles. The van der Waals surface area contributed by atoms with Gasteiger partial charge in [-0.15, -0.1) is 0 Å². The first-order valence-electron chi connectivity index (χ1n) is 7.68. The Bertz CT molecular complexity index is 819. The quantitative estimate of drug-likeness (QED) is 0.739. The average Bonchev–Trinajstić information content (AvgIpc) is 3.14. The first-order chi connectivity index (χ1) is 11.2. The third kappa shape index (κ3) is 3.07. The van der Waals surface area contributed by atoms with Crippen LogP contribution in [0.15, 0.2) is 30.6 Å². The van der Waals surface area contributed by atoms with Crippen molar-refractivity contribution < 1.29 is 4.39 Å². The molecule has 0 bridgehead atoms. The summed E-state index contributed by atoms with van der Waals surface area (Å²) in [4.78, 5) is 9.36. The minimum Gasteiger partial charge on any atom is -0.345 e. The van der Waals surface area contributed by atoms with Crippen LogP contribution in [0.5, 0.6) is 0 Å². The second-order valence-electron chi connectivity index (χ2n) is 5.89. The van der Waals surface area contributed by atoms with Crippen LogP contribution in [0.25, 0.3) is 10.2 Å². The molecule has 0 unspecified atom stereocenters. The molecule has 1 aliphatic heterocycles. The fraction of sp³-hybridized carbons (Fsp3) is 0.375. The average molecular weight is 331 g/mol. The highest BCUT2D eigenvalue weighted by Gasteiger charge is 2.20. The predicted molar refractivity (Wildman–Crippen MR) is 90.3 cm³/mol. The number of rotatable bonds is 3. The maximum absolute atomic E-state index is 13.3. The highest BCUT2D eigenvalue weighted by molar-refractivity contribution is 7.22. The van der Waals surface area contributed by atoms with E-state index in [1.807, 2.05) is 17.9 Å². The first kappa shape index (κ1) is 14.6. The normalized spacial score (nSPS) is 16.3. The smallest absolute Gasteiger partial charge is 0.186 e. The zero-order valence-electron chi connectivity index (χ0n) is 12.9. The van der Waals surface area contributed by atoms with Gasteiger partial charge < -0.3 is 4.90 Å². The van der Waals surface area contributed by atoms with Crippen LogP contribution < -0.4 is 4.90 Å². The summed E-state index contributed by atoms with van der Waals surface area (Å²) in [7, 11) is 1.94. The van der Waals surface area contributed by atoms with E-state index in [1.54, 1.807) is 23.5 Å². The molecule has 1 saturated heterocycles. The van der Waals surface area contributed by atoms with Crippen LogP contribution in [0.4, 0.5) is 9.52 Å². The summed E-state index contributed by atoms with van der Waals surface area (Å²) in [6, 6.07) is 4.79. The Morgan fingerprint density at radius 3 is 2.78 bits per heavy atom. The van der Waals surface area contributed by atoms with Gasteiger partial charge in [-0.1, -0.05) is 11.3 Å². The molecule has 0 amide bonds. The van der Waals surface area contributed by atoms with E-state index in [9.17, 15) is 4.39 Å². The van der Waals surface area contributed by atoms with E-state index in [0.717, 1.165) is 48.1 Å². The second-order valence-corrected chi connectivity index (χ2v) is 6.90. The molecule has 0 aliphatic carbocycles. The van der Waals surface area contributed by atoms with Gasteiger partial charge >= 0.3 is 0 Å². The van der Waals surface area contributed by atoms with Gasteiger partial charge in [-0.05, 0) is 18.2 Å². The Labute approximate surface area is 138 Å². The number of hydrogen-bond acceptors (Lipinski definition) is 5. The zero-order valence-corrected chi connectivity index (χ0v) is 13.8. The molecule has 0 radical (unpaired) electrons. The summed E-state index contributed by atoms with van der Waals surface area (Å²) in [5.41, 5.74) is 2.13. The Hall–Kier alpha value is -1.99. The van der Waals surface area contributed by atoms with Gasteiger partial charge in [0.05, 0.1) is 16.4 Å². The molecule has 4 rings (SSSR count). The van der Waals surface area contributed by atoms with Crippen molar-refractivity contribution in [3.05, 3.63) is 42.0 Å². The Morgan fingerprint density at radius 2 is 2.04 bits per heavy atom. The molecule has 0 spiro atoms. The fourth-order valence-electron chi connectivity index (χ4n) is 2.93. The summed E-state index contributed by atoms with van der Waals surface area (Å²) < 4.78 is 16.1. The van der Waals surface area contributed by atoms with Crippen molar-refractivity contribution in [1.82, 2.24) is 19.7 Å². The van der Waals surface area contributed by atoms with Crippen LogP contribution >= 0.6 is 11.3 Å². The number of fused-ring (bicyclic) bond motifs is 1. The molecular formula is C16H18FN5S. The van der Waals surface area contributed by atoms with E-state index >= 15 is 0 Å². The molecule has 0 atom stereocenters. The van der Waals surface area contributed by atoms with E-state index in [0.29, 0.717) is 0 Å². The monoisotopic (exact) mass is 331 g/mol. The van der Waals surface area contributed by atoms with E-state index in [2.05, 4.69) is 26.1 Å². The maximum atomic E-state index is 13.3. The third-order valence-corrected chi connectivity index (χ3v) is 5.23. The Kier molecular flexibility index (Phi) is 3.74. The maximum Gasteiger partial charge on any atom is 0.186 e. The number of halogens is 1. The minimum absolute atomic E-state index is 0.200. The summed E-state index contributed by atoms with van der Waals surface area (Å²) in [5, 5.41) is 5.21. The summed E-state index contributed by atoms with van der Waals surface area (Å²) in [6.45, 7) is 4.83. The Balaban J connectivity index is 1.42. The van der Waals surface area contributed by atoms with E-state index < -0.39 is 0 Å². The van der Waals surface area contributed by atoms with Crippen molar-refractivity contribution in [3.8, 4) is 0 Å². The van der Waals surface area contributed by atoms with Crippen molar-refractivity contribution in [3.63, 3.8) is 0 Å². The van der Waals surface area contributed by atoms with Gasteiger partial charge in [0, 0.05) is 51.5 Å². The van der Waals surface area contributed by atoms with Crippen molar-refractivity contribution in [2.45, 2.75) is 6.54 Å². The van der Waals surface area contributed by atoms with Crippen LogP contribution in [0, 0.1) is 5.82 Å². The largest absolute Gasteiger partial charge is 0.345 e. The van der Waals surface area contributed by atoms with Crippen molar-refractivity contribution in [1.29, 1.82) is 0 Å². The SMILES string of the molecule is Cn1cc(CN2CCN(c3nc4ccc(F)cc4s3)CC2)cn1. The third-order valence-electron chi connectivity index (χ3n) is 4.15. The predicted octanol–water partition coefficient (Wildman–Crippen LogP) is 2.49. The first-order valence-corrected chi connectivity index (χ1v) is 8.50. The topological polar surface area (TPSA) is 37.2 Å². The van der Waals surface area contributed by atoms with Gasteiger partial charge in [0.1, 0.15) is 5.82 Å². The molecule has 7 heteroatoms. The number of piperazine rings is 1. The van der Waals surface area contributed by atoms with Gasteiger partial charge in [-0.25, -0.2) is 9.37 Å².